The molecular formula is C14H10BrClFNO2. The zero-order valence-electron chi connectivity index (χ0n) is 10.2. The first-order valence-corrected chi connectivity index (χ1v) is 6.80. The van der Waals surface area contributed by atoms with Crippen LogP contribution >= 0.6 is 27.5 Å². The lowest BCUT2D eigenvalue weighted by Gasteiger charge is -2.08. The second-order valence-corrected chi connectivity index (χ2v) is 5.44. The molecule has 20 heavy (non-hydrogen) atoms. The van der Waals surface area contributed by atoms with Gasteiger partial charge in [0.25, 0.3) is 0 Å². The van der Waals surface area contributed by atoms with E-state index in [4.69, 9.17) is 22.1 Å². The van der Waals surface area contributed by atoms with Crippen molar-refractivity contribution in [3.05, 3.63) is 62.8 Å². The topological polar surface area (TPSA) is 52.3 Å². The second kappa shape index (κ2) is 6.24. The van der Waals surface area contributed by atoms with Crippen molar-refractivity contribution in [1.29, 1.82) is 0 Å². The van der Waals surface area contributed by atoms with Gasteiger partial charge in [-0.05, 0) is 42.0 Å². The van der Waals surface area contributed by atoms with Gasteiger partial charge in [-0.3, -0.25) is 0 Å². The van der Waals surface area contributed by atoms with Crippen LogP contribution in [0.2, 0.25) is 5.02 Å². The average molecular weight is 359 g/mol. The zero-order chi connectivity index (χ0) is 14.7. The molecule has 0 atom stereocenters. The summed E-state index contributed by atoms with van der Waals surface area (Å²) in [6.45, 7) is -0.0444. The van der Waals surface area contributed by atoms with E-state index < -0.39 is 11.8 Å². The molecule has 2 aromatic rings. The van der Waals surface area contributed by atoms with Crippen molar-refractivity contribution in [2.24, 2.45) is 0 Å². The van der Waals surface area contributed by atoms with Crippen LogP contribution in [0.15, 0.2) is 40.9 Å². The van der Waals surface area contributed by atoms with Crippen LogP contribution in [0.5, 0.6) is 0 Å². The Hall–Kier alpha value is -1.59. The molecule has 0 heterocycles. The number of nitrogen functional groups attached to an aromatic ring is 1. The molecule has 0 bridgehead atoms. The number of ether oxygens (including phenoxy) is 1. The van der Waals surface area contributed by atoms with E-state index in [9.17, 15) is 9.18 Å². The van der Waals surface area contributed by atoms with Crippen molar-refractivity contribution in [3.8, 4) is 0 Å². The molecule has 104 valence electrons. The number of nitrogens with two attached hydrogens (primary N) is 1. The highest BCUT2D eigenvalue weighted by molar-refractivity contribution is 9.10. The molecule has 0 aliphatic rings. The number of anilines is 1. The van der Waals surface area contributed by atoms with Crippen molar-refractivity contribution < 1.29 is 13.9 Å². The summed E-state index contributed by atoms with van der Waals surface area (Å²) in [7, 11) is 0. The molecule has 0 saturated carbocycles. The van der Waals surface area contributed by atoms with Crippen molar-refractivity contribution in [1.82, 2.24) is 0 Å². The van der Waals surface area contributed by atoms with Gasteiger partial charge in [-0.25, -0.2) is 9.18 Å². The minimum atomic E-state index is -0.584. The molecule has 6 heteroatoms. The van der Waals surface area contributed by atoms with E-state index in [0.717, 1.165) is 0 Å². The molecule has 3 nitrogen and oxygen atoms in total. The van der Waals surface area contributed by atoms with Crippen molar-refractivity contribution >= 4 is 39.2 Å². The molecule has 0 radical (unpaired) electrons. The fourth-order valence-corrected chi connectivity index (χ4v) is 2.33. The van der Waals surface area contributed by atoms with Crippen LogP contribution < -0.4 is 5.73 Å². The largest absolute Gasteiger partial charge is 0.457 e. The highest BCUT2D eigenvalue weighted by Crippen LogP contribution is 2.20. The van der Waals surface area contributed by atoms with Gasteiger partial charge < -0.3 is 10.5 Å². The van der Waals surface area contributed by atoms with E-state index >= 15 is 0 Å². The standard InChI is InChI=1S/C14H10BrClFNO2/c15-9-3-8(4-11(17)5-9)7-20-14(19)12-2-1-10(16)6-13(12)18/h1-6H,7,18H2. The van der Waals surface area contributed by atoms with E-state index in [-0.39, 0.29) is 17.9 Å². The average Bonchev–Trinajstić information content (AvgIpc) is 2.35. The minimum absolute atomic E-state index is 0.0444. The molecule has 0 unspecified atom stereocenters. The number of halogens is 3. The van der Waals surface area contributed by atoms with Crippen LogP contribution in [0.3, 0.4) is 0 Å². The van der Waals surface area contributed by atoms with Crippen LogP contribution in [-0.2, 0) is 11.3 Å². The number of hydrogen-bond donors (Lipinski definition) is 1. The van der Waals surface area contributed by atoms with Crippen LogP contribution in [0.4, 0.5) is 10.1 Å². The summed E-state index contributed by atoms with van der Waals surface area (Å²) in [4.78, 5) is 11.9. The van der Waals surface area contributed by atoms with E-state index in [1.807, 2.05) is 0 Å². The number of esters is 1. The number of hydrogen-bond acceptors (Lipinski definition) is 3. The summed E-state index contributed by atoms with van der Waals surface area (Å²) in [5.74, 6) is -0.990. The van der Waals surface area contributed by atoms with E-state index in [1.54, 1.807) is 12.1 Å². The normalized spacial score (nSPS) is 10.3. The summed E-state index contributed by atoms with van der Waals surface area (Å²) in [5.41, 5.74) is 6.69. The maximum atomic E-state index is 13.2. The van der Waals surface area contributed by atoms with Crippen LogP contribution in [-0.4, -0.2) is 5.97 Å². The van der Waals surface area contributed by atoms with Gasteiger partial charge in [0.1, 0.15) is 12.4 Å². The highest BCUT2D eigenvalue weighted by Gasteiger charge is 2.12. The third kappa shape index (κ3) is 3.71. The van der Waals surface area contributed by atoms with Crippen molar-refractivity contribution in [2.75, 3.05) is 5.73 Å². The third-order valence-electron chi connectivity index (χ3n) is 2.53. The quantitative estimate of drug-likeness (QED) is 0.661. The molecular weight excluding hydrogens is 349 g/mol. The first-order valence-electron chi connectivity index (χ1n) is 5.63. The minimum Gasteiger partial charge on any atom is -0.457 e. The Morgan fingerprint density at radius 3 is 2.70 bits per heavy atom. The predicted octanol–water partition coefficient (Wildman–Crippen LogP) is 4.18. The molecule has 0 saturated heterocycles. The van der Waals surface area contributed by atoms with Gasteiger partial charge in [0.05, 0.1) is 5.56 Å². The number of carbonyl (C=O) groups excluding carboxylic acids is 1. The first-order chi connectivity index (χ1) is 9.45. The Labute approximate surface area is 128 Å². The molecule has 0 aliphatic carbocycles. The maximum Gasteiger partial charge on any atom is 0.340 e. The van der Waals surface area contributed by atoms with Crippen molar-refractivity contribution in [3.63, 3.8) is 0 Å². The lowest BCUT2D eigenvalue weighted by atomic mass is 10.2. The summed E-state index contributed by atoms with van der Waals surface area (Å²) in [5, 5.41) is 0.438. The Morgan fingerprint density at radius 2 is 2.05 bits per heavy atom. The lowest BCUT2D eigenvalue weighted by molar-refractivity contribution is 0.0473. The molecule has 0 spiro atoms. The van der Waals surface area contributed by atoms with Gasteiger partial charge in [-0.15, -0.1) is 0 Å². The summed E-state index contributed by atoms with van der Waals surface area (Å²) in [6, 6.07) is 8.79. The Morgan fingerprint density at radius 1 is 1.30 bits per heavy atom. The number of carbonyl (C=O) groups is 1. The van der Waals surface area contributed by atoms with Crippen molar-refractivity contribution in [2.45, 2.75) is 6.61 Å². The number of rotatable bonds is 3. The predicted molar refractivity (Wildman–Crippen MR) is 79.1 cm³/mol. The zero-order valence-corrected chi connectivity index (χ0v) is 12.5. The molecule has 2 rings (SSSR count). The summed E-state index contributed by atoms with van der Waals surface area (Å²) >= 11 is 8.92. The van der Waals surface area contributed by atoms with Crippen LogP contribution in [0, 0.1) is 5.82 Å². The van der Waals surface area contributed by atoms with Gasteiger partial charge in [0, 0.05) is 15.2 Å². The molecule has 0 amide bonds. The van der Waals surface area contributed by atoms with E-state index in [0.29, 0.717) is 15.1 Å². The lowest BCUT2D eigenvalue weighted by Crippen LogP contribution is -2.08. The fraction of sp³-hybridized carbons (Fsp3) is 0.0714. The Balaban J connectivity index is 2.08. The van der Waals surface area contributed by atoms with Gasteiger partial charge in [-0.1, -0.05) is 27.5 Å². The van der Waals surface area contributed by atoms with Gasteiger partial charge in [0.15, 0.2) is 0 Å². The molecule has 2 N–H and O–H groups in total. The second-order valence-electron chi connectivity index (χ2n) is 4.09. The SMILES string of the molecule is Nc1cc(Cl)ccc1C(=O)OCc1cc(F)cc(Br)c1. The molecule has 0 fully saturated rings. The smallest absolute Gasteiger partial charge is 0.340 e. The highest BCUT2D eigenvalue weighted by atomic mass is 79.9. The first kappa shape index (κ1) is 14.8. The van der Waals surface area contributed by atoms with Gasteiger partial charge in [0.2, 0.25) is 0 Å². The van der Waals surface area contributed by atoms with E-state index in [1.165, 1.54) is 24.3 Å². The van der Waals surface area contributed by atoms with E-state index in [2.05, 4.69) is 15.9 Å². The van der Waals surface area contributed by atoms with Gasteiger partial charge >= 0.3 is 5.97 Å². The number of benzene rings is 2. The van der Waals surface area contributed by atoms with Crippen LogP contribution in [0.25, 0.3) is 0 Å². The molecule has 0 aliphatic heterocycles. The Bertz CT molecular complexity index is 643. The summed E-state index contributed by atoms with van der Waals surface area (Å²) < 4.78 is 18.9. The molecule has 2 aromatic carbocycles. The fourth-order valence-electron chi connectivity index (χ4n) is 1.64. The Kier molecular flexibility index (Phi) is 4.62. The molecule has 0 aromatic heterocycles. The maximum absolute atomic E-state index is 13.2. The van der Waals surface area contributed by atoms with Gasteiger partial charge in [-0.2, -0.15) is 0 Å². The van der Waals surface area contributed by atoms with Crippen LogP contribution in [0.1, 0.15) is 15.9 Å². The monoisotopic (exact) mass is 357 g/mol. The third-order valence-corrected chi connectivity index (χ3v) is 3.22. The summed E-state index contributed by atoms with van der Waals surface area (Å²) in [6.07, 6.45) is 0.